The van der Waals surface area contributed by atoms with Crippen molar-refractivity contribution in [1.29, 1.82) is 0 Å². The number of carbonyl (C=O) groups is 2. The normalized spacial score (nSPS) is 14.8. The quantitative estimate of drug-likeness (QED) is 0.347. The van der Waals surface area contributed by atoms with E-state index in [4.69, 9.17) is 4.79 Å². The fourth-order valence-electron chi connectivity index (χ4n) is 4.66. The summed E-state index contributed by atoms with van der Waals surface area (Å²) in [5.74, 6) is -0.728. The SMILES string of the molecule is C=Cc1cc(S(=O)(=O)C(C)C)ccc1C(=O)N1CCC(C(C)(C)S(=O)(=O)c2cccc(C(F)(F)F)c2)CC1.C=O.CC. The lowest BCUT2D eigenvalue weighted by Crippen LogP contribution is -2.47. The van der Waals surface area contributed by atoms with Crippen molar-refractivity contribution < 1.29 is 39.6 Å². The molecule has 0 saturated carbocycles. The second-order valence-electron chi connectivity index (χ2n) is 10.2. The van der Waals surface area contributed by atoms with E-state index < -0.39 is 47.3 Å². The van der Waals surface area contributed by atoms with Gasteiger partial charge in [0, 0.05) is 18.7 Å². The number of benzene rings is 2. The molecule has 234 valence electrons. The van der Waals surface area contributed by atoms with Gasteiger partial charge in [0.15, 0.2) is 19.7 Å². The van der Waals surface area contributed by atoms with E-state index in [1.807, 2.05) is 20.6 Å². The molecule has 42 heavy (non-hydrogen) atoms. The lowest BCUT2D eigenvalue weighted by atomic mass is 9.85. The molecular formula is C30H40F3NO6S2. The van der Waals surface area contributed by atoms with E-state index in [-0.39, 0.29) is 34.4 Å². The number of halogens is 3. The number of piperidine rings is 1. The van der Waals surface area contributed by atoms with Gasteiger partial charge in [0.1, 0.15) is 6.79 Å². The van der Waals surface area contributed by atoms with E-state index in [0.29, 0.717) is 24.5 Å². The lowest BCUT2D eigenvalue weighted by Gasteiger charge is -2.40. The fourth-order valence-corrected chi connectivity index (χ4v) is 7.58. The fraction of sp³-hybridized carbons (Fsp3) is 0.467. The third-order valence-electron chi connectivity index (χ3n) is 7.35. The van der Waals surface area contributed by atoms with Crippen molar-refractivity contribution in [2.75, 3.05) is 13.1 Å². The Bertz CT molecular complexity index is 1460. The van der Waals surface area contributed by atoms with Crippen molar-refractivity contribution in [2.24, 2.45) is 5.92 Å². The standard InChI is InChI=1S/C27H32F3NO5S2.C2H6.CH2O/c1-6-19-16-22(37(33,34)18(2)3)10-11-24(19)25(32)31-14-12-20(13-15-31)26(4,5)38(35,36)23-9-7-8-21(17-23)27(28,29)30;2*1-2/h6-11,16-18,20H,1,12-15H2,2-5H3;1-2H3;1H2. The smallest absolute Gasteiger partial charge is 0.339 e. The van der Waals surface area contributed by atoms with Crippen LogP contribution < -0.4 is 0 Å². The Morgan fingerprint density at radius 2 is 1.50 bits per heavy atom. The van der Waals surface area contributed by atoms with E-state index in [1.165, 1.54) is 44.2 Å². The van der Waals surface area contributed by atoms with Gasteiger partial charge in [0.05, 0.1) is 25.4 Å². The average Bonchev–Trinajstić information content (AvgIpc) is 2.98. The lowest BCUT2D eigenvalue weighted by molar-refractivity contribution is -0.137. The molecule has 0 unspecified atom stereocenters. The summed E-state index contributed by atoms with van der Waals surface area (Å²) in [7, 11) is -7.66. The number of hydrogen-bond acceptors (Lipinski definition) is 6. The summed E-state index contributed by atoms with van der Waals surface area (Å²) in [5, 5.41) is -0.628. The highest BCUT2D eigenvalue weighted by atomic mass is 32.2. The zero-order chi connectivity index (χ0) is 32.7. The zero-order valence-corrected chi connectivity index (χ0v) is 26.5. The molecule has 1 saturated heterocycles. The molecule has 0 N–H and O–H groups in total. The largest absolute Gasteiger partial charge is 0.416 e. The first-order valence-corrected chi connectivity index (χ1v) is 16.5. The van der Waals surface area contributed by atoms with E-state index in [9.17, 15) is 34.8 Å². The Kier molecular flexibility index (Phi) is 12.7. The number of alkyl halides is 3. The minimum atomic E-state index is -4.66. The maximum atomic E-state index is 13.4. The van der Waals surface area contributed by atoms with Crippen LogP contribution in [0.4, 0.5) is 13.2 Å². The highest BCUT2D eigenvalue weighted by molar-refractivity contribution is 7.93. The Morgan fingerprint density at radius 1 is 0.952 bits per heavy atom. The summed E-state index contributed by atoms with van der Waals surface area (Å²) in [6.45, 7) is 16.4. The molecule has 1 aliphatic rings. The van der Waals surface area contributed by atoms with Crippen LogP contribution in [-0.4, -0.2) is 57.5 Å². The molecule has 2 aromatic carbocycles. The number of carbonyl (C=O) groups excluding carboxylic acids is 2. The molecule has 12 heteroatoms. The van der Waals surface area contributed by atoms with E-state index in [0.717, 1.165) is 12.1 Å². The molecule has 2 aromatic rings. The first kappa shape index (κ1) is 37.0. The highest BCUT2D eigenvalue weighted by Gasteiger charge is 2.45. The van der Waals surface area contributed by atoms with Crippen LogP contribution in [0.3, 0.4) is 0 Å². The summed E-state index contributed by atoms with van der Waals surface area (Å²) in [6, 6.07) is 8.03. The Hall–Kier alpha value is -2.99. The van der Waals surface area contributed by atoms with Crippen LogP contribution in [-0.2, 0) is 30.6 Å². The van der Waals surface area contributed by atoms with Gasteiger partial charge >= 0.3 is 6.18 Å². The van der Waals surface area contributed by atoms with Gasteiger partial charge in [0.2, 0.25) is 0 Å². The minimum absolute atomic E-state index is 0.0965. The third kappa shape index (κ3) is 7.69. The Labute approximate surface area is 247 Å². The molecule has 0 spiro atoms. The van der Waals surface area contributed by atoms with Crippen LogP contribution in [0, 0.1) is 5.92 Å². The summed E-state index contributed by atoms with van der Waals surface area (Å²) >= 11 is 0. The van der Waals surface area contributed by atoms with Crippen LogP contribution in [0.2, 0.25) is 0 Å². The van der Waals surface area contributed by atoms with Crippen molar-refractivity contribution in [1.82, 2.24) is 4.90 Å². The predicted molar refractivity (Wildman–Crippen MR) is 159 cm³/mol. The Morgan fingerprint density at radius 3 is 1.98 bits per heavy atom. The second kappa shape index (κ2) is 14.5. The zero-order valence-electron chi connectivity index (χ0n) is 24.9. The van der Waals surface area contributed by atoms with Crippen molar-refractivity contribution in [3.05, 3.63) is 65.7 Å². The van der Waals surface area contributed by atoms with Crippen LogP contribution >= 0.6 is 0 Å². The molecule has 0 atom stereocenters. The van der Waals surface area contributed by atoms with E-state index >= 15 is 0 Å². The van der Waals surface area contributed by atoms with Crippen molar-refractivity contribution in [3.63, 3.8) is 0 Å². The van der Waals surface area contributed by atoms with Gasteiger partial charge in [0.25, 0.3) is 5.91 Å². The summed E-state index contributed by atoms with van der Waals surface area (Å²) < 4.78 is 90.0. The Balaban J connectivity index is 0.00000211. The second-order valence-corrected chi connectivity index (χ2v) is 15.3. The first-order chi connectivity index (χ1) is 19.4. The third-order valence-corrected chi connectivity index (χ3v) is 12.1. The number of sulfone groups is 2. The number of likely N-dealkylation sites (tertiary alicyclic amines) is 1. The molecule has 1 heterocycles. The van der Waals surface area contributed by atoms with E-state index in [2.05, 4.69) is 6.58 Å². The topological polar surface area (TPSA) is 106 Å². The highest BCUT2D eigenvalue weighted by Crippen LogP contribution is 2.40. The number of nitrogens with zero attached hydrogens (tertiary/aromatic N) is 1. The maximum Gasteiger partial charge on any atom is 0.416 e. The molecule has 3 rings (SSSR count). The minimum Gasteiger partial charge on any atom is -0.339 e. The molecule has 1 fully saturated rings. The molecule has 0 radical (unpaired) electrons. The van der Waals surface area contributed by atoms with Gasteiger partial charge in [-0.05, 0) is 88.4 Å². The van der Waals surface area contributed by atoms with Gasteiger partial charge in [-0.2, -0.15) is 13.2 Å². The molecule has 0 bridgehead atoms. The number of rotatable bonds is 7. The maximum absolute atomic E-state index is 13.4. The molecular weight excluding hydrogens is 591 g/mol. The molecule has 1 amide bonds. The molecule has 0 aliphatic carbocycles. The summed E-state index contributed by atoms with van der Waals surface area (Å²) in [6.07, 6.45) is -2.58. The number of hydrogen-bond donors (Lipinski definition) is 0. The van der Waals surface area contributed by atoms with Gasteiger partial charge < -0.3 is 9.69 Å². The van der Waals surface area contributed by atoms with Crippen molar-refractivity contribution >= 4 is 38.4 Å². The first-order valence-electron chi connectivity index (χ1n) is 13.4. The molecule has 7 nitrogen and oxygen atoms in total. The van der Waals surface area contributed by atoms with Crippen molar-refractivity contribution in [3.8, 4) is 0 Å². The summed E-state index contributed by atoms with van der Waals surface area (Å²) in [4.78, 5) is 22.6. The monoisotopic (exact) mass is 631 g/mol. The van der Waals surface area contributed by atoms with Gasteiger partial charge in [-0.1, -0.05) is 32.6 Å². The predicted octanol–water partition coefficient (Wildman–Crippen LogP) is 6.48. The van der Waals surface area contributed by atoms with Crippen molar-refractivity contribution in [2.45, 2.75) is 80.3 Å². The van der Waals surface area contributed by atoms with Crippen LogP contribution in [0.5, 0.6) is 0 Å². The van der Waals surface area contributed by atoms with Crippen LogP contribution in [0.1, 0.15) is 75.9 Å². The average molecular weight is 632 g/mol. The molecule has 1 aliphatic heterocycles. The van der Waals surface area contributed by atoms with Crippen LogP contribution in [0.25, 0.3) is 6.08 Å². The van der Waals surface area contributed by atoms with Crippen LogP contribution in [0.15, 0.2) is 58.8 Å². The van der Waals surface area contributed by atoms with Gasteiger partial charge in [-0.15, -0.1) is 0 Å². The number of amides is 1. The summed E-state index contributed by atoms with van der Waals surface area (Å²) in [5.41, 5.74) is -0.358. The van der Waals surface area contributed by atoms with Gasteiger partial charge in [-0.3, -0.25) is 4.79 Å². The van der Waals surface area contributed by atoms with Gasteiger partial charge in [-0.25, -0.2) is 16.8 Å². The molecule has 0 aromatic heterocycles. The van der Waals surface area contributed by atoms with E-state index in [1.54, 1.807) is 18.7 Å².